The molecule has 0 aliphatic carbocycles. The van der Waals surface area contributed by atoms with Crippen LogP contribution in [0.4, 0.5) is 5.69 Å². The number of nitrogens with one attached hydrogen (secondary N) is 1. The second-order valence-electron chi connectivity index (χ2n) is 5.53. The van der Waals surface area contributed by atoms with Crippen LogP contribution in [0.3, 0.4) is 0 Å². The van der Waals surface area contributed by atoms with Crippen LogP contribution in [0.25, 0.3) is 0 Å². The largest absolute Gasteiger partial charge is 0.455 e. The molecule has 0 saturated heterocycles. The number of benzene rings is 1. The Morgan fingerprint density at radius 3 is 2.68 bits per heavy atom. The third-order valence-corrected chi connectivity index (χ3v) is 3.33. The van der Waals surface area contributed by atoms with Gasteiger partial charge in [0.25, 0.3) is 0 Å². The Hall–Kier alpha value is -2.40. The summed E-state index contributed by atoms with van der Waals surface area (Å²) in [7, 11) is 0. The molecule has 0 spiro atoms. The van der Waals surface area contributed by atoms with Crippen molar-refractivity contribution >= 4 is 11.6 Å². The number of pyridine rings is 1. The zero-order valence-corrected chi connectivity index (χ0v) is 13.0. The molecule has 5 heteroatoms. The number of nitrogens with zero attached hydrogens (tertiary/aromatic N) is 1. The lowest BCUT2D eigenvalue weighted by Gasteiger charge is -2.16. The minimum absolute atomic E-state index is 0.0919. The highest BCUT2D eigenvalue weighted by molar-refractivity contribution is 5.95. The molecular formula is C17H21N3O2. The number of aromatic nitrogens is 1. The first-order valence-electron chi connectivity index (χ1n) is 7.22. The zero-order valence-electron chi connectivity index (χ0n) is 13.0. The molecule has 3 N–H and O–H groups in total. The van der Waals surface area contributed by atoms with E-state index in [2.05, 4.69) is 10.3 Å². The van der Waals surface area contributed by atoms with E-state index < -0.39 is 6.04 Å². The van der Waals surface area contributed by atoms with Crippen LogP contribution >= 0.6 is 0 Å². The molecule has 0 saturated carbocycles. The summed E-state index contributed by atoms with van der Waals surface area (Å²) in [5.74, 6) is 1.30. The van der Waals surface area contributed by atoms with Crippen molar-refractivity contribution in [3.05, 3.63) is 48.3 Å². The lowest BCUT2D eigenvalue weighted by molar-refractivity contribution is -0.118. The van der Waals surface area contributed by atoms with Crippen molar-refractivity contribution in [3.63, 3.8) is 0 Å². The fourth-order valence-corrected chi connectivity index (χ4v) is 1.90. The highest BCUT2D eigenvalue weighted by Crippen LogP contribution is 2.26. The highest BCUT2D eigenvalue weighted by atomic mass is 16.5. The number of carbonyl (C=O) groups excluding carboxylic acids is 1. The Morgan fingerprint density at radius 2 is 2.09 bits per heavy atom. The van der Waals surface area contributed by atoms with Gasteiger partial charge >= 0.3 is 0 Å². The van der Waals surface area contributed by atoms with Gasteiger partial charge in [0.1, 0.15) is 11.5 Å². The van der Waals surface area contributed by atoms with Gasteiger partial charge in [0, 0.05) is 11.9 Å². The SMILES string of the molecule is Cc1cc(NC(=O)[C@@H](N)C(C)C)ccc1Oc1cccnc1. The third-order valence-electron chi connectivity index (χ3n) is 3.33. The van der Waals surface area contributed by atoms with E-state index in [1.807, 2.05) is 45.0 Å². The number of hydrogen-bond donors (Lipinski definition) is 2. The van der Waals surface area contributed by atoms with E-state index in [1.54, 1.807) is 18.5 Å². The Labute approximate surface area is 130 Å². The van der Waals surface area contributed by atoms with Crippen LogP contribution in [-0.4, -0.2) is 16.9 Å². The molecule has 22 heavy (non-hydrogen) atoms. The van der Waals surface area contributed by atoms with Gasteiger partial charge in [0.05, 0.1) is 12.2 Å². The van der Waals surface area contributed by atoms with E-state index in [-0.39, 0.29) is 11.8 Å². The van der Waals surface area contributed by atoms with Crippen molar-refractivity contribution in [2.75, 3.05) is 5.32 Å². The number of rotatable bonds is 5. The number of aryl methyl sites for hydroxylation is 1. The van der Waals surface area contributed by atoms with E-state index in [4.69, 9.17) is 10.5 Å². The predicted octanol–water partition coefficient (Wildman–Crippen LogP) is 3.10. The molecule has 1 heterocycles. The Morgan fingerprint density at radius 1 is 1.32 bits per heavy atom. The van der Waals surface area contributed by atoms with Gasteiger partial charge in [0.15, 0.2) is 0 Å². The molecule has 1 amide bonds. The first kappa shape index (κ1) is 16.0. The Balaban J connectivity index is 2.08. The molecule has 0 fully saturated rings. The Bertz CT molecular complexity index is 642. The number of amides is 1. The zero-order chi connectivity index (χ0) is 16.1. The van der Waals surface area contributed by atoms with E-state index >= 15 is 0 Å². The van der Waals surface area contributed by atoms with E-state index in [9.17, 15) is 4.79 Å². The topological polar surface area (TPSA) is 77.2 Å². The molecule has 0 bridgehead atoms. The van der Waals surface area contributed by atoms with Crippen LogP contribution in [0.5, 0.6) is 11.5 Å². The van der Waals surface area contributed by atoms with Crippen molar-refractivity contribution < 1.29 is 9.53 Å². The van der Waals surface area contributed by atoms with E-state index in [0.717, 1.165) is 11.3 Å². The smallest absolute Gasteiger partial charge is 0.241 e. The third kappa shape index (κ3) is 4.05. The van der Waals surface area contributed by atoms with Crippen LogP contribution in [0.1, 0.15) is 19.4 Å². The van der Waals surface area contributed by atoms with Crippen LogP contribution in [0.2, 0.25) is 0 Å². The minimum Gasteiger partial charge on any atom is -0.455 e. The molecule has 1 atom stereocenters. The van der Waals surface area contributed by atoms with Crippen LogP contribution in [-0.2, 0) is 4.79 Å². The van der Waals surface area contributed by atoms with Crippen LogP contribution < -0.4 is 15.8 Å². The van der Waals surface area contributed by atoms with Gasteiger partial charge in [-0.3, -0.25) is 9.78 Å². The van der Waals surface area contributed by atoms with Crippen LogP contribution in [0.15, 0.2) is 42.7 Å². The molecule has 2 rings (SSSR count). The lowest BCUT2D eigenvalue weighted by Crippen LogP contribution is -2.39. The van der Waals surface area contributed by atoms with Gasteiger partial charge in [-0.1, -0.05) is 13.8 Å². The van der Waals surface area contributed by atoms with E-state index in [1.165, 1.54) is 0 Å². The fraction of sp³-hybridized carbons (Fsp3) is 0.294. The quantitative estimate of drug-likeness (QED) is 0.889. The number of hydrogen-bond acceptors (Lipinski definition) is 4. The maximum Gasteiger partial charge on any atom is 0.241 e. The van der Waals surface area contributed by atoms with Gasteiger partial charge in [-0.05, 0) is 48.7 Å². The minimum atomic E-state index is -0.522. The maximum atomic E-state index is 12.0. The summed E-state index contributed by atoms with van der Waals surface area (Å²) in [4.78, 5) is 16.0. The van der Waals surface area contributed by atoms with Crippen molar-refractivity contribution in [1.82, 2.24) is 4.98 Å². The number of ether oxygens (including phenoxy) is 1. The predicted molar refractivity (Wildman–Crippen MR) is 86.9 cm³/mol. The molecular weight excluding hydrogens is 278 g/mol. The summed E-state index contributed by atoms with van der Waals surface area (Å²) >= 11 is 0. The van der Waals surface area contributed by atoms with Crippen molar-refractivity contribution in [3.8, 4) is 11.5 Å². The van der Waals surface area contributed by atoms with E-state index in [0.29, 0.717) is 11.4 Å². The molecule has 2 aromatic rings. The first-order valence-corrected chi connectivity index (χ1v) is 7.22. The molecule has 1 aromatic carbocycles. The van der Waals surface area contributed by atoms with Gasteiger partial charge in [0.2, 0.25) is 5.91 Å². The lowest BCUT2D eigenvalue weighted by atomic mass is 10.0. The van der Waals surface area contributed by atoms with Crippen molar-refractivity contribution in [1.29, 1.82) is 0 Å². The summed E-state index contributed by atoms with van der Waals surface area (Å²) in [5.41, 5.74) is 7.46. The summed E-state index contributed by atoms with van der Waals surface area (Å²) in [5, 5.41) is 2.82. The average Bonchev–Trinajstić information content (AvgIpc) is 2.50. The fourth-order valence-electron chi connectivity index (χ4n) is 1.90. The second-order valence-corrected chi connectivity index (χ2v) is 5.53. The molecule has 1 aromatic heterocycles. The normalized spacial score (nSPS) is 12.0. The van der Waals surface area contributed by atoms with Crippen molar-refractivity contribution in [2.45, 2.75) is 26.8 Å². The molecule has 0 radical (unpaired) electrons. The molecule has 0 aliphatic rings. The van der Waals surface area contributed by atoms with Gasteiger partial charge in [-0.25, -0.2) is 0 Å². The maximum absolute atomic E-state index is 12.0. The van der Waals surface area contributed by atoms with Gasteiger partial charge in [-0.15, -0.1) is 0 Å². The van der Waals surface area contributed by atoms with Gasteiger partial charge < -0.3 is 15.8 Å². The summed E-state index contributed by atoms with van der Waals surface area (Å²) < 4.78 is 5.75. The highest BCUT2D eigenvalue weighted by Gasteiger charge is 2.17. The molecule has 0 aliphatic heterocycles. The van der Waals surface area contributed by atoms with Crippen molar-refractivity contribution in [2.24, 2.45) is 11.7 Å². The standard InChI is InChI=1S/C17H21N3O2/c1-11(2)16(18)17(21)20-13-6-7-15(12(3)9-13)22-14-5-4-8-19-10-14/h4-11,16H,18H2,1-3H3,(H,20,21)/t16-/m0/s1. The summed E-state index contributed by atoms with van der Waals surface area (Å²) in [6, 6.07) is 8.60. The monoisotopic (exact) mass is 299 g/mol. The summed E-state index contributed by atoms with van der Waals surface area (Å²) in [6.07, 6.45) is 3.34. The number of anilines is 1. The number of nitrogens with two attached hydrogens (primary N) is 1. The molecule has 5 nitrogen and oxygen atoms in total. The molecule has 0 unspecified atom stereocenters. The second kappa shape index (κ2) is 7.04. The molecule has 116 valence electrons. The van der Waals surface area contributed by atoms with Crippen LogP contribution in [0, 0.1) is 12.8 Å². The number of carbonyl (C=O) groups is 1. The van der Waals surface area contributed by atoms with Gasteiger partial charge in [-0.2, -0.15) is 0 Å². The Kier molecular flexibility index (Phi) is 5.12. The average molecular weight is 299 g/mol. The first-order chi connectivity index (χ1) is 10.5. The summed E-state index contributed by atoms with van der Waals surface area (Å²) in [6.45, 7) is 5.75.